The maximum Gasteiger partial charge on any atom is 0.357 e. The highest BCUT2D eigenvalue weighted by molar-refractivity contribution is 7.98. The molecule has 1 heterocycles. The molecule has 156 valence electrons. The van der Waals surface area contributed by atoms with Crippen LogP contribution in [-0.4, -0.2) is 45.7 Å². The number of benzene rings is 2. The first-order valence-corrected chi connectivity index (χ1v) is 10.5. The number of halogens is 1. The van der Waals surface area contributed by atoms with Gasteiger partial charge in [0, 0.05) is 19.3 Å². The predicted molar refractivity (Wildman–Crippen MR) is 113 cm³/mol. The number of rotatable bonds is 7. The van der Waals surface area contributed by atoms with Gasteiger partial charge in [-0.15, -0.1) is 0 Å². The van der Waals surface area contributed by atoms with Crippen molar-refractivity contribution in [3.63, 3.8) is 0 Å². The molecule has 1 atom stereocenters. The zero-order valence-corrected chi connectivity index (χ0v) is 17.7. The number of aromatic nitrogens is 2. The summed E-state index contributed by atoms with van der Waals surface area (Å²) in [5.74, 6) is -1.40. The SMILES string of the molecule is CSc1ncc(C(=O)OC(C)C(=O)N(C)Cc2cccc(F)c2)n1-c1ccccc1. The lowest BCUT2D eigenvalue weighted by Gasteiger charge is -2.22. The molecule has 0 aliphatic heterocycles. The molecule has 8 heteroatoms. The normalized spacial score (nSPS) is 11.7. The topological polar surface area (TPSA) is 64.4 Å². The molecule has 1 amide bonds. The fourth-order valence-electron chi connectivity index (χ4n) is 3.02. The molecule has 1 unspecified atom stereocenters. The first-order valence-electron chi connectivity index (χ1n) is 9.28. The van der Waals surface area contributed by atoms with Crippen molar-refractivity contribution in [2.45, 2.75) is 24.7 Å². The number of likely N-dealkylation sites (N-methyl/N-ethyl adjacent to an activating group) is 1. The summed E-state index contributed by atoms with van der Waals surface area (Å²) in [5.41, 5.74) is 1.66. The molecule has 0 radical (unpaired) electrons. The number of carbonyl (C=O) groups is 2. The molecule has 0 aliphatic carbocycles. The van der Waals surface area contributed by atoms with Crippen LogP contribution < -0.4 is 0 Å². The van der Waals surface area contributed by atoms with E-state index in [0.29, 0.717) is 10.7 Å². The number of amides is 1. The maximum atomic E-state index is 13.4. The highest BCUT2D eigenvalue weighted by atomic mass is 32.2. The molecule has 0 saturated carbocycles. The summed E-state index contributed by atoms with van der Waals surface area (Å²) < 4.78 is 20.5. The Bertz CT molecular complexity index is 1040. The van der Waals surface area contributed by atoms with Crippen molar-refractivity contribution in [1.29, 1.82) is 0 Å². The summed E-state index contributed by atoms with van der Waals surface area (Å²) in [6, 6.07) is 15.3. The molecule has 0 spiro atoms. The van der Waals surface area contributed by atoms with Crippen LogP contribution >= 0.6 is 11.8 Å². The Morgan fingerprint density at radius 1 is 1.20 bits per heavy atom. The van der Waals surface area contributed by atoms with E-state index < -0.39 is 12.1 Å². The van der Waals surface area contributed by atoms with E-state index in [1.54, 1.807) is 23.7 Å². The Balaban J connectivity index is 1.73. The van der Waals surface area contributed by atoms with E-state index in [2.05, 4.69) is 4.98 Å². The van der Waals surface area contributed by atoms with E-state index in [9.17, 15) is 14.0 Å². The Morgan fingerprint density at radius 3 is 2.60 bits per heavy atom. The lowest BCUT2D eigenvalue weighted by Crippen LogP contribution is -2.37. The molecule has 2 aromatic carbocycles. The molecule has 0 saturated heterocycles. The number of ether oxygens (including phenoxy) is 1. The number of thioether (sulfide) groups is 1. The minimum Gasteiger partial charge on any atom is -0.448 e. The average molecular weight is 428 g/mol. The second-order valence-electron chi connectivity index (χ2n) is 6.67. The van der Waals surface area contributed by atoms with Crippen molar-refractivity contribution in [3.8, 4) is 5.69 Å². The van der Waals surface area contributed by atoms with Crippen molar-refractivity contribution >= 4 is 23.6 Å². The number of esters is 1. The number of nitrogens with zero attached hydrogens (tertiary/aromatic N) is 3. The van der Waals surface area contributed by atoms with Gasteiger partial charge in [-0.25, -0.2) is 14.2 Å². The van der Waals surface area contributed by atoms with Gasteiger partial charge in [-0.3, -0.25) is 9.36 Å². The first kappa shape index (κ1) is 21.6. The summed E-state index contributed by atoms with van der Waals surface area (Å²) in [7, 11) is 1.58. The van der Waals surface area contributed by atoms with E-state index >= 15 is 0 Å². The highest BCUT2D eigenvalue weighted by Gasteiger charge is 2.25. The van der Waals surface area contributed by atoms with E-state index in [1.165, 1.54) is 41.9 Å². The number of hydrogen-bond acceptors (Lipinski definition) is 5. The van der Waals surface area contributed by atoms with Crippen molar-refractivity contribution in [3.05, 3.63) is 77.9 Å². The molecule has 0 fully saturated rings. The summed E-state index contributed by atoms with van der Waals surface area (Å²) in [6.45, 7) is 1.72. The van der Waals surface area contributed by atoms with Gasteiger partial charge in [0.1, 0.15) is 5.82 Å². The molecule has 0 bridgehead atoms. The molecule has 1 aromatic heterocycles. The highest BCUT2D eigenvalue weighted by Crippen LogP contribution is 2.22. The largest absolute Gasteiger partial charge is 0.448 e. The van der Waals surface area contributed by atoms with Gasteiger partial charge in [0.2, 0.25) is 0 Å². The van der Waals surface area contributed by atoms with Crippen molar-refractivity contribution < 1.29 is 18.7 Å². The van der Waals surface area contributed by atoms with Crippen molar-refractivity contribution in [1.82, 2.24) is 14.5 Å². The average Bonchev–Trinajstić information content (AvgIpc) is 3.18. The number of para-hydroxylation sites is 1. The van der Waals surface area contributed by atoms with Crippen LogP contribution in [0, 0.1) is 5.82 Å². The van der Waals surface area contributed by atoms with Crippen LogP contribution in [0.1, 0.15) is 23.0 Å². The fraction of sp³-hybridized carbons (Fsp3) is 0.227. The second-order valence-corrected chi connectivity index (χ2v) is 7.45. The first-order chi connectivity index (χ1) is 14.4. The lowest BCUT2D eigenvalue weighted by molar-refractivity contribution is -0.139. The minimum absolute atomic E-state index is 0.205. The summed E-state index contributed by atoms with van der Waals surface area (Å²) in [6.07, 6.45) is 2.30. The van der Waals surface area contributed by atoms with Crippen LogP contribution in [0.4, 0.5) is 4.39 Å². The molecule has 30 heavy (non-hydrogen) atoms. The Morgan fingerprint density at radius 2 is 1.93 bits per heavy atom. The third-order valence-corrected chi connectivity index (χ3v) is 5.11. The van der Waals surface area contributed by atoms with Crippen LogP contribution in [0.2, 0.25) is 0 Å². The van der Waals surface area contributed by atoms with E-state index in [0.717, 1.165) is 5.69 Å². The van der Waals surface area contributed by atoms with Gasteiger partial charge in [0.25, 0.3) is 5.91 Å². The van der Waals surface area contributed by atoms with Gasteiger partial charge in [-0.2, -0.15) is 0 Å². The minimum atomic E-state index is -1.01. The zero-order valence-electron chi connectivity index (χ0n) is 16.9. The van der Waals surface area contributed by atoms with E-state index in [-0.39, 0.29) is 24.0 Å². The summed E-state index contributed by atoms with van der Waals surface area (Å²) >= 11 is 1.40. The smallest absolute Gasteiger partial charge is 0.357 e. The Labute approximate surface area is 178 Å². The zero-order chi connectivity index (χ0) is 21.7. The molecular formula is C22H22FN3O3S. The lowest BCUT2D eigenvalue weighted by atomic mass is 10.2. The number of imidazole rings is 1. The van der Waals surface area contributed by atoms with Gasteiger partial charge in [-0.05, 0) is 43.0 Å². The van der Waals surface area contributed by atoms with Crippen LogP contribution in [0.15, 0.2) is 66.0 Å². The van der Waals surface area contributed by atoms with Gasteiger partial charge in [0.05, 0.1) is 6.20 Å². The fourth-order valence-corrected chi connectivity index (χ4v) is 3.56. The van der Waals surface area contributed by atoms with Gasteiger partial charge < -0.3 is 9.64 Å². The molecule has 6 nitrogen and oxygen atoms in total. The second kappa shape index (κ2) is 9.58. The van der Waals surface area contributed by atoms with E-state index in [4.69, 9.17) is 4.74 Å². The summed E-state index contributed by atoms with van der Waals surface area (Å²) in [5, 5.41) is 0.635. The maximum absolute atomic E-state index is 13.4. The van der Waals surface area contributed by atoms with Gasteiger partial charge in [0.15, 0.2) is 17.0 Å². The number of carbonyl (C=O) groups excluding carboxylic acids is 2. The van der Waals surface area contributed by atoms with Crippen LogP contribution in [0.25, 0.3) is 5.69 Å². The molecule has 3 rings (SSSR count). The van der Waals surface area contributed by atoms with Crippen molar-refractivity contribution in [2.75, 3.05) is 13.3 Å². The van der Waals surface area contributed by atoms with Crippen molar-refractivity contribution in [2.24, 2.45) is 0 Å². The quantitative estimate of drug-likeness (QED) is 0.422. The predicted octanol–water partition coefficient (Wildman–Crippen LogP) is 3.94. The Kier molecular flexibility index (Phi) is 6.89. The monoisotopic (exact) mass is 427 g/mol. The standard InChI is InChI=1S/C22H22FN3O3S/c1-15(20(27)25(2)14-16-8-7-9-17(23)12-16)29-21(28)19-13-24-22(30-3)26(19)18-10-5-4-6-11-18/h4-13,15H,14H2,1-3H3. The molecule has 0 N–H and O–H groups in total. The molecule has 0 aliphatic rings. The number of hydrogen-bond donors (Lipinski definition) is 0. The van der Waals surface area contributed by atoms with Crippen LogP contribution in [-0.2, 0) is 16.1 Å². The summed E-state index contributed by atoms with van der Waals surface area (Å²) in [4.78, 5) is 31.1. The molecular weight excluding hydrogens is 405 g/mol. The third kappa shape index (κ3) is 4.88. The van der Waals surface area contributed by atoms with Crippen LogP contribution in [0.5, 0.6) is 0 Å². The van der Waals surface area contributed by atoms with E-state index in [1.807, 2.05) is 36.6 Å². The van der Waals surface area contributed by atoms with Gasteiger partial charge >= 0.3 is 5.97 Å². The molecule has 3 aromatic rings. The third-order valence-electron chi connectivity index (χ3n) is 4.45. The Hall–Kier alpha value is -3.13. The van der Waals surface area contributed by atoms with Gasteiger partial charge in [-0.1, -0.05) is 42.1 Å². The van der Waals surface area contributed by atoms with Crippen LogP contribution in [0.3, 0.4) is 0 Å².